The van der Waals surface area contributed by atoms with Gasteiger partial charge in [-0.2, -0.15) is 0 Å². The number of carbonyl (C=O) groups is 1. The molecule has 0 unspecified atom stereocenters. The Morgan fingerprint density at radius 1 is 1.15 bits per heavy atom. The molecule has 0 bridgehead atoms. The smallest absolute Gasteiger partial charge is 0.305 e. The molecule has 0 aliphatic carbocycles. The summed E-state index contributed by atoms with van der Waals surface area (Å²) in [6, 6.07) is 6.48. The van der Waals surface area contributed by atoms with Gasteiger partial charge < -0.3 is 15.4 Å². The molecule has 5 nitrogen and oxygen atoms in total. The third-order valence-electron chi connectivity index (χ3n) is 3.56. The Morgan fingerprint density at radius 3 is 2.62 bits per heavy atom. The van der Waals surface area contributed by atoms with Crippen molar-refractivity contribution in [3.05, 3.63) is 35.6 Å². The van der Waals surface area contributed by atoms with E-state index in [1.165, 1.54) is 12.1 Å². The molecule has 2 N–H and O–H groups in total. The van der Waals surface area contributed by atoms with Crippen LogP contribution in [0.15, 0.2) is 29.3 Å². The van der Waals surface area contributed by atoms with Crippen LogP contribution in [0.2, 0.25) is 0 Å². The summed E-state index contributed by atoms with van der Waals surface area (Å²) in [5.74, 6) is 0.381. The van der Waals surface area contributed by atoms with E-state index in [2.05, 4.69) is 15.6 Å². The molecule has 7 heteroatoms. The van der Waals surface area contributed by atoms with Crippen LogP contribution in [0, 0.1) is 5.82 Å². The molecule has 0 aromatic heterocycles. The van der Waals surface area contributed by atoms with Crippen LogP contribution in [-0.4, -0.2) is 31.6 Å². The van der Waals surface area contributed by atoms with E-state index in [9.17, 15) is 9.18 Å². The predicted molar refractivity (Wildman–Crippen MR) is 114 cm³/mol. The van der Waals surface area contributed by atoms with Crippen molar-refractivity contribution in [1.29, 1.82) is 0 Å². The van der Waals surface area contributed by atoms with Crippen LogP contribution in [0.4, 0.5) is 4.39 Å². The Labute approximate surface area is 173 Å². The van der Waals surface area contributed by atoms with Gasteiger partial charge in [-0.25, -0.2) is 9.38 Å². The van der Waals surface area contributed by atoms with Gasteiger partial charge in [0, 0.05) is 19.5 Å². The van der Waals surface area contributed by atoms with E-state index >= 15 is 0 Å². The summed E-state index contributed by atoms with van der Waals surface area (Å²) in [6.45, 7) is 6.30. The van der Waals surface area contributed by atoms with Crippen LogP contribution in [0.1, 0.15) is 51.5 Å². The number of guanidine groups is 1. The van der Waals surface area contributed by atoms with Gasteiger partial charge in [0.05, 0.1) is 13.2 Å². The number of ether oxygens (including phenoxy) is 1. The van der Waals surface area contributed by atoms with Gasteiger partial charge in [-0.1, -0.05) is 25.0 Å². The van der Waals surface area contributed by atoms with Gasteiger partial charge in [0.1, 0.15) is 5.82 Å². The molecule has 0 aliphatic heterocycles. The molecule has 0 atom stereocenters. The van der Waals surface area contributed by atoms with Crippen molar-refractivity contribution in [3.8, 4) is 0 Å². The maximum absolute atomic E-state index is 13.2. The average Bonchev–Trinajstić information content (AvgIpc) is 2.59. The highest BCUT2D eigenvalue weighted by Crippen LogP contribution is 2.05. The Hall–Kier alpha value is -1.38. The minimum Gasteiger partial charge on any atom is -0.466 e. The van der Waals surface area contributed by atoms with E-state index in [1.807, 2.05) is 19.9 Å². The first-order valence-corrected chi connectivity index (χ1v) is 9.08. The third kappa shape index (κ3) is 12.1. The predicted octanol–water partition coefficient (Wildman–Crippen LogP) is 4.01. The lowest BCUT2D eigenvalue weighted by atomic mass is 10.1. The molecular weight excluding hydrogens is 448 g/mol. The number of unbranched alkanes of at least 4 members (excludes halogenated alkanes) is 3. The molecule has 0 amide bonds. The minimum atomic E-state index is -0.242. The van der Waals surface area contributed by atoms with E-state index in [-0.39, 0.29) is 35.8 Å². The zero-order valence-corrected chi connectivity index (χ0v) is 18.1. The summed E-state index contributed by atoms with van der Waals surface area (Å²) in [7, 11) is 0. The van der Waals surface area contributed by atoms with Gasteiger partial charge in [-0.05, 0) is 44.4 Å². The number of esters is 1. The molecule has 0 spiro atoms. The molecule has 0 heterocycles. The largest absolute Gasteiger partial charge is 0.466 e. The summed E-state index contributed by atoms with van der Waals surface area (Å²) in [4.78, 5) is 15.7. The highest BCUT2D eigenvalue weighted by Gasteiger charge is 2.01. The monoisotopic (exact) mass is 479 g/mol. The van der Waals surface area contributed by atoms with E-state index in [1.54, 1.807) is 6.07 Å². The van der Waals surface area contributed by atoms with E-state index in [4.69, 9.17) is 4.74 Å². The normalized spacial score (nSPS) is 10.8. The van der Waals surface area contributed by atoms with Gasteiger partial charge in [-0.3, -0.25) is 4.79 Å². The number of hydrogen-bond donors (Lipinski definition) is 2. The first-order chi connectivity index (χ1) is 12.2. The van der Waals surface area contributed by atoms with Crippen molar-refractivity contribution >= 4 is 35.9 Å². The molecule has 0 saturated carbocycles. The zero-order valence-electron chi connectivity index (χ0n) is 15.7. The van der Waals surface area contributed by atoms with Crippen LogP contribution in [-0.2, 0) is 16.1 Å². The van der Waals surface area contributed by atoms with Crippen LogP contribution in [0.3, 0.4) is 0 Å². The van der Waals surface area contributed by atoms with Gasteiger partial charge in [-0.15, -0.1) is 24.0 Å². The minimum absolute atomic E-state index is 0. The van der Waals surface area contributed by atoms with Gasteiger partial charge >= 0.3 is 5.97 Å². The quantitative estimate of drug-likeness (QED) is 0.166. The maximum Gasteiger partial charge on any atom is 0.305 e. The molecule has 1 rings (SSSR count). The third-order valence-corrected chi connectivity index (χ3v) is 3.56. The second-order valence-corrected chi connectivity index (χ2v) is 5.72. The highest BCUT2D eigenvalue weighted by molar-refractivity contribution is 14.0. The van der Waals surface area contributed by atoms with Gasteiger partial charge in [0.25, 0.3) is 0 Å². The first-order valence-electron chi connectivity index (χ1n) is 9.08. The number of nitrogens with zero attached hydrogens (tertiary/aromatic N) is 1. The lowest BCUT2D eigenvalue weighted by molar-refractivity contribution is -0.143. The first kappa shape index (κ1) is 24.6. The number of halogens is 2. The number of carbonyl (C=O) groups excluding carboxylic acids is 1. The van der Waals surface area contributed by atoms with Crippen LogP contribution < -0.4 is 10.6 Å². The molecular formula is C19H31FIN3O2. The van der Waals surface area contributed by atoms with Crippen LogP contribution in [0.5, 0.6) is 0 Å². The van der Waals surface area contributed by atoms with Gasteiger partial charge in [0.15, 0.2) is 5.96 Å². The molecule has 1 aromatic rings. The number of rotatable bonds is 11. The maximum atomic E-state index is 13.2. The van der Waals surface area contributed by atoms with Crippen LogP contribution >= 0.6 is 24.0 Å². The van der Waals surface area contributed by atoms with Gasteiger partial charge in [0.2, 0.25) is 0 Å². The fourth-order valence-electron chi connectivity index (χ4n) is 2.34. The van der Waals surface area contributed by atoms with Crippen molar-refractivity contribution < 1.29 is 13.9 Å². The highest BCUT2D eigenvalue weighted by atomic mass is 127. The SMILES string of the molecule is CCNC(=NCc1cccc(F)c1)NCCCCCCC(=O)OCC.I. The second-order valence-electron chi connectivity index (χ2n) is 5.72. The van der Waals surface area contributed by atoms with E-state index < -0.39 is 0 Å². The number of benzene rings is 1. The van der Waals surface area contributed by atoms with Crippen molar-refractivity contribution in [3.63, 3.8) is 0 Å². The Kier molecular flexibility index (Phi) is 15.0. The standard InChI is InChI=1S/C19H30FN3O2.HI/c1-3-21-19(23-15-16-10-9-11-17(20)14-16)22-13-8-6-5-7-12-18(24)25-4-2;/h9-11,14H,3-8,12-13,15H2,1-2H3,(H2,21,22,23);1H. The molecule has 0 saturated heterocycles. The van der Waals surface area contributed by atoms with Crippen molar-refractivity contribution in [2.75, 3.05) is 19.7 Å². The summed E-state index contributed by atoms with van der Waals surface area (Å²) in [5.41, 5.74) is 0.844. The fourth-order valence-corrected chi connectivity index (χ4v) is 2.34. The molecule has 1 aromatic carbocycles. The number of aliphatic imine (C=N–C) groups is 1. The number of nitrogens with one attached hydrogen (secondary N) is 2. The second kappa shape index (κ2) is 15.8. The Bertz CT molecular complexity index is 541. The van der Waals surface area contributed by atoms with Crippen molar-refractivity contribution in [2.45, 2.75) is 52.5 Å². The fraction of sp³-hybridized carbons (Fsp3) is 0.579. The average molecular weight is 479 g/mol. The molecule has 148 valence electrons. The Morgan fingerprint density at radius 2 is 1.92 bits per heavy atom. The molecule has 26 heavy (non-hydrogen) atoms. The molecule has 0 fully saturated rings. The molecule has 0 radical (unpaired) electrons. The van der Waals surface area contributed by atoms with E-state index in [0.717, 1.165) is 50.3 Å². The summed E-state index contributed by atoms with van der Waals surface area (Å²) < 4.78 is 18.1. The molecule has 0 aliphatic rings. The summed E-state index contributed by atoms with van der Waals surface area (Å²) in [6.07, 6.45) is 4.44. The summed E-state index contributed by atoms with van der Waals surface area (Å²) in [5, 5.41) is 6.46. The summed E-state index contributed by atoms with van der Waals surface area (Å²) >= 11 is 0. The van der Waals surface area contributed by atoms with E-state index in [0.29, 0.717) is 19.6 Å². The van der Waals surface area contributed by atoms with Crippen molar-refractivity contribution in [1.82, 2.24) is 10.6 Å². The lowest BCUT2D eigenvalue weighted by Crippen LogP contribution is -2.37. The number of hydrogen-bond acceptors (Lipinski definition) is 3. The lowest BCUT2D eigenvalue weighted by Gasteiger charge is -2.11. The Balaban J connectivity index is 0.00000625. The zero-order chi connectivity index (χ0) is 18.3. The topological polar surface area (TPSA) is 62.7 Å². The van der Waals surface area contributed by atoms with Crippen LogP contribution in [0.25, 0.3) is 0 Å². The van der Waals surface area contributed by atoms with Crippen molar-refractivity contribution in [2.24, 2.45) is 4.99 Å².